The molecule has 13 nitrogen and oxygen atoms in total. The topological polar surface area (TPSA) is 161 Å². The molecular formula is C34H30N8O5. The minimum atomic E-state index is -0.998. The highest BCUT2D eigenvalue weighted by Crippen LogP contribution is 2.30. The van der Waals surface area contributed by atoms with Gasteiger partial charge in [-0.15, -0.1) is 0 Å². The van der Waals surface area contributed by atoms with Crippen LogP contribution in [0, 0.1) is 11.3 Å². The van der Waals surface area contributed by atoms with Crippen molar-refractivity contribution >= 4 is 51.7 Å². The molecule has 0 bridgehead atoms. The van der Waals surface area contributed by atoms with Gasteiger partial charge in [0, 0.05) is 55.9 Å². The molecular weight excluding hydrogens is 600 g/mol. The quantitative estimate of drug-likeness (QED) is 0.276. The summed E-state index contributed by atoms with van der Waals surface area (Å²) in [6.07, 6.45) is 1.69. The van der Waals surface area contributed by atoms with E-state index in [4.69, 9.17) is 4.74 Å². The van der Waals surface area contributed by atoms with Crippen molar-refractivity contribution in [2.75, 3.05) is 49.5 Å². The zero-order valence-corrected chi connectivity index (χ0v) is 25.3. The fourth-order valence-corrected chi connectivity index (χ4v) is 6.18. The second kappa shape index (κ2) is 12.5. The maximum absolute atomic E-state index is 13.1. The molecule has 4 heterocycles. The number of ether oxygens (including phenoxy) is 1. The van der Waals surface area contributed by atoms with Crippen LogP contribution in [0.15, 0.2) is 67.0 Å². The Labute approximate surface area is 269 Å². The Morgan fingerprint density at radius 1 is 0.915 bits per heavy atom. The van der Waals surface area contributed by atoms with Gasteiger partial charge in [0.05, 0.1) is 28.3 Å². The van der Waals surface area contributed by atoms with Crippen molar-refractivity contribution in [3.05, 3.63) is 83.7 Å². The Bertz CT molecular complexity index is 1950. The number of piperidine rings is 1. The Balaban J connectivity index is 0.898. The zero-order chi connectivity index (χ0) is 32.5. The van der Waals surface area contributed by atoms with Crippen LogP contribution in [0.25, 0.3) is 10.9 Å². The molecule has 13 heteroatoms. The number of nitrogens with zero attached hydrogens (tertiary/aromatic N) is 6. The van der Waals surface area contributed by atoms with Crippen molar-refractivity contribution < 1.29 is 23.9 Å². The molecule has 0 saturated carbocycles. The van der Waals surface area contributed by atoms with Gasteiger partial charge in [-0.1, -0.05) is 0 Å². The van der Waals surface area contributed by atoms with Crippen molar-refractivity contribution in [2.24, 2.45) is 0 Å². The van der Waals surface area contributed by atoms with Gasteiger partial charge < -0.3 is 15.0 Å². The predicted molar refractivity (Wildman–Crippen MR) is 171 cm³/mol. The van der Waals surface area contributed by atoms with Crippen molar-refractivity contribution in [3.8, 4) is 11.8 Å². The lowest BCUT2D eigenvalue weighted by atomic mass is 10.0. The minimum Gasteiger partial charge on any atom is -0.492 e. The second-order valence-corrected chi connectivity index (χ2v) is 11.6. The first kappa shape index (κ1) is 29.8. The van der Waals surface area contributed by atoms with E-state index < -0.39 is 29.7 Å². The van der Waals surface area contributed by atoms with Crippen LogP contribution in [0.3, 0.4) is 0 Å². The third kappa shape index (κ3) is 5.94. The Morgan fingerprint density at radius 3 is 2.47 bits per heavy atom. The van der Waals surface area contributed by atoms with Gasteiger partial charge in [-0.05, 0) is 67.1 Å². The molecule has 47 heavy (non-hydrogen) atoms. The largest absolute Gasteiger partial charge is 0.492 e. The number of rotatable bonds is 8. The Hall–Kier alpha value is -5.87. The van der Waals surface area contributed by atoms with Gasteiger partial charge in [-0.3, -0.25) is 34.3 Å². The number of carbonyl (C=O) groups is 4. The van der Waals surface area contributed by atoms with Crippen LogP contribution in [0.4, 0.5) is 17.2 Å². The predicted octanol–water partition coefficient (Wildman–Crippen LogP) is 2.85. The molecule has 7 rings (SSSR count). The SMILES string of the molecule is N#Cc1ccc2ncnc(Nc3ccc(N4CCN(CCOc5ccc6c(c5)C(=O)N(C5CCC(=O)NC5=O)C6=O)CC4)cc3)c2c1. The van der Waals surface area contributed by atoms with Crippen molar-refractivity contribution in [1.29, 1.82) is 5.26 Å². The van der Waals surface area contributed by atoms with E-state index in [2.05, 4.69) is 48.6 Å². The van der Waals surface area contributed by atoms with Crippen LogP contribution in [-0.2, 0) is 9.59 Å². The number of anilines is 3. The van der Waals surface area contributed by atoms with E-state index in [1.165, 1.54) is 6.33 Å². The van der Waals surface area contributed by atoms with Crippen LogP contribution < -0.4 is 20.3 Å². The molecule has 2 fully saturated rings. The fourth-order valence-electron chi connectivity index (χ4n) is 6.18. The lowest BCUT2D eigenvalue weighted by molar-refractivity contribution is -0.136. The number of hydrogen-bond acceptors (Lipinski definition) is 11. The van der Waals surface area contributed by atoms with Gasteiger partial charge in [-0.2, -0.15) is 5.26 Å². The number of fused-ring (bicyclic) bond motifs is 2. The molecule has 0 spiro atoms. The van der Waals surface area contributed by atoms with Gasteiger partial charge in [0.2, 0.25) is 11.8 Å². The second-order valence-electron chi connectivity index (χ2n) is 11.6. The van der Waals surface area contributed by atoms with Gasteiger partial charge in [-0.25, -0.2) is 9.97 Å². The van der Waals surface area contributed by atoms with Gasteiger partial charge in [0.1, 0.15) is 30.5 Å². The molecule has 1 aromatic heterocycles. The smallest absolute Gasteiger partial charge is 0.262 e. The number of carbonyl (C=O) groups excluding carboxylic acids is 4. The molecule has 3 aliphatic heterocycles. The number of aromatic nitrogens is 2. The summed E-state index contributed by atoms with van der Waals surface area (Å²) in [5.74, 6) is -1.02. The fraction of sp³-hybridized carbons (Fsp3) is 0.265. The van der Waals surface area contributed by atoms with E-state index in [9.17, 15) is 24.4 Å². The normalized spacial score (nSPS) is 18.2. The summed E-state index contributed by atoms with van der Waals surface area (Å²) >= 11 is 0. The first-order valence-electron chi connectivity index (χ1n) is 15.4. The van der Waals surface area contributed by atoms with Crippen molar-refractivity contribution in [3.63, 3.8) is 0 Å². The van der Waals surface area contributed by atoms with E-state index in [-0.39, 0.29) is 24.0 Å². The number of amides is 4. The summed E-state index contributed by atoms with van der Waals surface area (Å²) in [6, 6.07) is 19.4. The van der Waals surface area contributed by atoms with Crippen LogP contribution in [0.2, 0.25) is 0 Å². The van der Waals surface area contributed by atoms with Crippen LogP contribution >= 0.6 is 0 Å². The Morgan fingerprint density at radius 2 is 1.70 bits per heavy atom. The average Bonchev–Trinajstić information content (AvgIpc) is 3.33. The lowest BCUT2D eigenvalue weighted by Gasteiger charge is -2.36. The van der Waals surface area contributed by atoms with E-state index in [0.29, 0.717) is 30.3 Å². The number of imide groups is 2. The summed E-state index contributed by atoms with van der Waals surface area (Å²) in [4.78, 5) is 64.1. The third-order valence-corrected chi connectivity index (χ3v) is 8.72. The van der Waals surface area contributed by atoms with Gasteiger partial charge >= 0.3 is 0 Å². The third-order valence-electron chi connectivity index (χ3n) is 8.72. The molecule has 4 amide bonds. The first-order chi connectivity index (χ1) is 22.9. The maximum atomic E-state index is 13.1. The van der Waals surface area contributed by atoms with Gasteiger partial charge in [0.25, 0.3) is 11.8 Å². The van der Waals surface area contributed by atoms with Crippen LogP contribution in [-0.4, -0.2) is 88.8 Å². The monoisotopic (exact) mass is 630 g/mol. The maximum Gasteiger partial charge on any atom is 0.262 e. The molecule has 1 atom stereocenters. The molecule has 3 aliphatic rings. The van der Waals surface area contributed by atoms with Crippen LogP contribution in [0.1, 0.15) is 39.1 Å². The molecule has 3 aromatic carbocycles. The molecule has 1 unspecified atom stereocenters. The summed E-state index contributed by atoms with van der Waals surface area (Å²) < 4.78 is 5.95. The number of benzene rings is 3. The molecule has 4 aromatic rings. The van der Waals surface area contributed by atoms with Crippen LogP contribution in [0.5, 0.6) is 5.75 Å². The summed E-state index contributed by atoms with van der Waals surface area (Å²) in [7, 11) is 0. The number of hydrogen-bond donors (Lipinski definition) is 2. The number of nitrogens with one attached hydrogen (secondary N) is 2. The first-order valence-corrected chi connectivity index (χ1v) is 15.4. The van der Waals surface area contributed by atoms with Crippen molar-refractivity contribution in [1.82, 2.24) is 25.1 Å². The van der Waals surface area contributed by atoms with E-state index in [0.717, 1.165) is 53.4 Å². The minimum absolute atomic E-state index is 0.0746. The lowest BCUT2D eigenvalue weighted by Crippen LogP contribution is -2.54. The molecule has 0 aliphatic carbocycles. The highest BCUT2D eigenvalue weighted by molar-refractivity contribution is 6.23. The highest BCUT2D eigenvalue weighted by atomic mass is 16.5. The number of nitriles is 1. The summed E-state index contributed by atoms with van der Waals surface area (Å²) in [5.41, 5.74) is 3.74. The van der Waals surface area contributed by atoms with E-state index in [1.807, 2.05) is 18.2 Å². The van der Waals surface area contributed by atoms with E-state index >= 15 is 0 Å². The molecule has 2 saturated heterocycles. The number of piperazine rings is 1. The molecule has 236 valence electrons. The average molecular weight is 631 g/mol. The summed E-state index contributed by atoms with van der Waals surface area (Å²) in [5, 5.41) is 15.6. The summed E-state index contributed by atoms with van der Waals surface area (Å²) in [6.45, 7) is 4.53. The Kier molecular flexibility index (Phi) is 7.93. The van der Waals surface area contributed by atoms with Crippen molar-refractivity contribution in [2.45, 2.75) is 18.9 Å². The molecule has 0 radical (unpaired) electrons. The van der Waals surface area contributed by atoms with Gasteiger partial charge in [0.15, 0.2) is 0 Å². The van der Waals surface area contributed by atoms with E-state index in [1.54, 1.807) is 30.3 Å². The zero-order valence-electron chi connectivity index (χ0n) is 25.3. The molecule has 2 N–H and O–H groups in total. The standard InChI is InChI=1S/C34H30N8O5/c35-19-21-1-8-28-27(17-21)31(37-20-36-28)38-22-2-4-23(5-3-22)41-13-11-40(12-14-41)15-16-47-24-6-7-25-26(18-24)34(46)42(33(25)45)29-9-10-30(43)39-32(29)44/h1-8,17-18,20,29H,9-16H2,(H,36,37,38)(H,39,43,44). The highest BCUT2D eigenvalue weighted by Gasteiger charge is 2.44.